The van der Waals surface area contributed by atoms with Crippen molar-refractivity contribution < 1.29 is 22.4 Å². The van der Waals surface area contributed by atoms with E-state index in [0.29, 0.717) is 18.0 Å². The predicted octanol–water partition coefficient (Wildman–Crippen LogP) is 2.46. The Labute approximate surface area is 184 Å². The highest BCUT2D eigenvalue weighted by molar-refractivity contribution is 7.89. The van der Waals surface area contributed by atoms with E-state index in [1.807, 2.05) is 13.8 Å². The van der Waals surface area contributed by atoms with Gasteiger partial charge in [-0.05, 0) is 43.0 Å². The van der Waals surface area contributed by atoms with Crippen LogP contribution in [0.5, 0.6) is 0 Å². The Bertz CT molecular complexity index is 1000. The number of nitrogens with one attached hydrogen (secondary N) is 2. The quantitative estimate of drug-likeness (QED) is 0.649. The molecule has 168 valence electrons. The highest BCUT2D eigenvalue weighted by Crippen LogP contribution is 2.24. The number of rotatable bonds is 7. The van der Waals surface area contributed by atoms with Crippen molar-refractivity contribution in [1.82, 2.24) is 14.6 Å². The lowest BCUT2D eigenvalue weighted by molar-refractivity contribution is -0.130. The zero-order valence-electron chi connectivity index (χ0n) is 17.2. The number of aromatic nitrogens is 1. The molecule has 1 aromatic carbocycles. The van der Waals surface area contributed by atoms with Crippen molar-refractivity contribution in [3.63, 3.8) is 0 Å². The molecule has 0 spiro atoms. The average molecular weight is 469 g/mol. The molecule has 0 saturated carbocycles. The first-order valence-electron chi connectivity index (χ1n) is 9.95. The highest BCUT2D eigenvalue weighted by Gasteiger charge is 2.34. The van der Waals surface area contributed by atoms with Crippen LogP contribution in [0.2, 0.25) is 0 Å². The Morgan fingerprint density at radius 2 is 1.84 bits per heavy atom. The third-order valence-electron chi connectivity index (χ3n) is 5.19. The summed E-state index contributed by atoms with van der Waals surface area (Å²) < 4.78 is 39.9. The van der Waals surface area contributed by atoms with Crippen molar-refractivity contribution in [1.29, 1.82) is 0 Å². The smallest absolute Gasteiger partial charge is 0.248 e. The molecular formula is C20H25FN4O4S2. The highest BCUT2D eigenvalue weighted by atomic mass is 32.2. The average Bonchev–Trinajstić information content (AvgIpc) is 3.25. The van der Waals surface area contributed by atoms with Crippen molar-refractivity contribution >= 4 is 38.3 Å². The summed E-state index contributed by atoms with van der Waals surface area (Å²) in [5.74, 6) is -1.65. The van der Waals surface area contributed by atoms with E-state index in [1.165, 1.54) is 27.8 Å². The first-order chi connectivity index (χ1) is 14.7. The number of hydrogen-bond donors (Lipinski definition) is 2. The van der Waals surface area contributed by atoms with Gasteiger partial charge in [-0.2, -0.15) is 4.31 Å². The SMILES string of the molecule is CC(C)C(NC(=O)C1CCN(S(=O)(=O)c2ccc(F)cc2)CC1)C(=O)Nc1nccs1. The second-order valence-corrected chi connectivity index (χ2v) is 10.5. The Hall–Kier alpha value is -2.37. The minimum absolute atomic E-state index is 0.0236. The van der Waals surface area contributed by atoms with Crippen molar-refractivity contribution in [2.75, 3.05) is 18.4 Å². The Morgan fingerprint density at radius 1 is 1.19 bits per heavy atom. The summed E-state index contributed by atoms with van der Waals surface area (Å²) in [7, 11) is -3.74. The molecule has 0 aliphatic carbocycles. The number of amides is 2. The van der Waals surface area contributed by atoms with Crippen LogP contribution >= 0.6 is 11.3 Å². The van der Waals surface area contributed by atoms with Gasteiger partial charge in [-0.1, -0.05) is 13.8 Å². The number of piperidine rings is 1. The van der Waals surface area contributed by atoms with Crippen LogP contribution in [0.3, 0.4) is 0 Å². The maximum absolute atomic E-state index is 13.1. The van der Waals surface area contributed by atoms with Gasteiger partial charge in [0.05, 0.1) is 4.90 Å². The zero-order chi connectivity index (χ0) is 22.6. The summed E-state index contributed by atoms with van der Waals surface area (Å²) in [4.78, 5) is 29.4. The van der Waals surface area contributed by atoms with Gasteiger partial charge in [0, 0.05) is 30.6 Å². The molecule has 1 unspecified atom stereocenters. The predicted molar refractivity (Wildman–Crippen MR) is 115 cm³/mol. The van der Waals surface area contributed by atoms with Gasteiger partial charge in [0.1, 0.15) is 11.9 Å². The normalized spacial score (nSPS) is 16.8. The number of sulfonamides is 1. The number of benzene rings is 1. The second kappa shape index (κ2) is 9.84. The first-order valence-corrected chi connectivity index (χ1v) is 12.3. The fraction of sp³-hybridized carbons (Fsp3) is 0.450. The fourth-order valence-electron chi connectivity index (χ4n) is 3.39. The largest absolute Gasteiger partial charge is 0.344 e. The first kappa shape index (κ1) is 23.3. The molecule has 1 atom stereocenters. The maximum atomic E-state index is 13.1. The number of nitrogens with zero attached hydrogens (tertiary/aromatic N) is 2. The summed E-state index contributed by atoms with van der Waals surface area (Å²) in [6, 6.07) is 3.96. The number of carbonyl (C=O) groups excluding carboxylic acids is 2. The minimum atomic E-state index is -3.74. The third kappa shape index (κ3) is 5.66. The molecule has 1 aliphatic rings. The van der Waals surface area contributed by atoms with Crippen LogP contribution in [0.25, 0.3) is 0 Å². The van der Waals surface area contributed by atoms with E-state index in [0.717, 1.165) is 12.1 Å². The van der Waals surface area contributed by atoms with E-state index in [2.05, 4.69) is 15.6 Å². The van der Waals surface area contributed by atoms with Gasteiger partial charge < -0.3 is 10.6 Å². The van der Waals surface area contributed by atoms with Crippen LogP contribution in [-0.4, -0.2) is 48.7 Å². The molecule has 11 heteroatoms. The molecule has 2 N–H and O–H groups in total. The molecule has 3 rings (SSSR count). The maximum Gasteiger partial charge on any atom is 0.248 e. The van der Waals surface area contributed by atoms with Crippen molar-refractivity contribution in [3.8, 4) is 0 Å². The molecule has 2 aromatic rings. The summed E-state index contributed by atoms with van der Waals surface area (Å²) in [5, 5.41) is 7.71. The third-order valence-corrected chi connectivity index (χ3v) is 7.79. The van der Waals surface area contributed by atoms with Gasteiger partial charge in [0.2, 0.25) is 21.8 Å². The summed E-state index contributed by atoms with van der Waals surface area (Å²) in [5.41, 5.74) is 0. The zero-order valence-corrected chi connectivity index (χ0v) is 18.9. The van der Waals surface area contributed by atoms with Crippen LogP contribution in [0.4, 0.5) is 9.52 Å². The lowest BCUT2D eigenvalue weighted by Gasteiger charge is -2.31. The Kier molecular flexibility index (Phi) is 7.39. The van der Waals surface area contributed by atoms with Gasteiger partial charge in [0.25, 0.3) is 0 Å². The number of halogens is 1. The molecule has 1 fully saturated rings. The molecular weight excluding hydrogens is 443 g/mol. The number of carbonyl (C=O) groups is 2. The van der Waals surface area contributed by atoms with Crippen LogP contribution in [0.1, 0.15) is 26.7 Å². The van der Waals surface area contributed by atoms with Gasteiger partial charge >= 0.3 is 0 Å². The van der Waals surface area contributed by atoms with Gasteiger partial charge in [-0.25, -0.2) is 17.8 Å². The van der Waals surface area contributed by atoms with Crippen molar-refractivity contribution in [2.24, 2.45) is 11.8 Å². The molecule has 1 aromatic heterocycles. The van der Waals surface area contributed by atoms with Gasteiger partial charge in [-0.15, -0.1) is 11.3 Å². The lowest BCUT2D eigenvalue weighted by atomic mass is 9.95. The van der Waals surface area contributed by atoms with E-state index < -0.39 is 27.8 Å². The fourth-order valence-corrected chi connectivity index (χ4v) is 5.39. The van der Waals surface area contributed by atoms with E-state index in [4.69, 9.17) is 0 Å². The molecule has 0 radical (unpaired) electrons. The summed E-state index contributed by atoms with van der Waals surface area (Å²) in [6.07, 6.45) is 2.26. The molecule has 8 nitrogen and oxygen atoms in total. The standard InChI is InChI=1S/C20H25FN4O4S2/c1-13(2)17(19(27)24-20-22-9-12-30-20)23-18(26)14-7-10-25(11-8-14)31(28,29)16-5-3-15(21)4-6-16/h3-6,9,12-14,17H,7-8,10-11H2,1-2H3,(H,23,26)(H,22,24,27). The topological polar surface area (TPSA) is 108 Å². The molecule has 1 aliphatic heterocycles. The van der Waals surface area contributed by atoms with E-state index in [9.17, 15) is 22.4 Å². The van der Waals surface area contributed by atoms with Gasteiger partial charge in [-0.3, -0.25) is 9.59 Å². The van der Waals surface area contributed by atoms with Crippen molar-refractivity contribution in [2.45, 2.75) is 37.6 Å². The van der Waals surface area contributed by atoms with Gasteiger partial charge in [0.15, 0.2) is 5.13 Å². The molecule has 2 amide bonds. The van der Waals surface area contributed by atoms with Crippen molar-refractivity contribution in [3.05, 3.63) is 41.7 Å². The molecule has 0 bridgehead atoms. The second-order valence-electron chi connectivity index (χ2n) is 7.69. The van der Waals surface area contributed by atoms with Crippen LogP contribution < -0.4 is 10.6 Å². The molecule has 1 saturated heterocycles. The minimum Gasteiger partial charge on any atom is -0.344 e. The lowest BCUT2D eigenvalue weighted by Crippen LogP contribution is -2.50. The van der Waals surface area contributed by atoms with Crippen LogP contribution in [-0.2, 0) is 19.6 Å². The Balaban J connectivity index is 1.58. The van der Waals surface area contributed by atoms with E-state index in [-0.39, 0.29) is 35.7 Å². The summed E-state index contributed by atoms with van der Waals surface area (Å²) >= 11 is 1.29. The number of hydrogen-bond acceptors (Lipinski definition) is 6. The van der Waals surface area contributed by atoms with E-state index >= 15 is 0 Å². The monoisotopic (exact) mass is 468 g/mol. The number of thiazole rings is 1. The molecule has 31 heavy (non-hydrogen) atoms. The van der Waals surface area contributed by atoms with E-state index in [1.54, 1.807) is 11.6 Å². The van der Waals surface area contributed by atoms with Crippen LogP contribution in [0.15, 0.2) is 40.7 Å². The number of anilines is 1. The van der Waals surface area contributed by atoms with Crippen LogP contribution in [0, 0.1) is 17.7 Å². The summed E-state index contributed by atoms with van der Waals surface area (Å²) in [6.45, 7) is 4.03. The Morgan fingerprint density at radius 3 is 2.39 bits per heavy atom. The molecule has 2 heterocycles.